The van der Waals surface area contributed by atoms with Gasteiger partial charge in [0.15, 0.2) is 0 Å². The molecule has 29 heavy (non-hydrogen) atoms. The molecule has 0 spiro atoms. The van der Waals surface area contributed by atoms with Gasteiger partial charge in [-0.1, -0.05) is 67.5 Å². The summed E-state index contributed by atoms with van der Waals surface area (Å²) in [4.78, 5) is 4.82. The largest absolute Gasteiger partial charge is 0.358 e. The van der Waals surface area contributed by atoms with Crippen LogP contribution >= 0.6 is 0 Å². The van der Waals surface area contributed by atoms with Crippen LogP contribution in [0, 0.1) is 26.2 Å². The highest BCUT2D eigenvalue weighted by Crippen LogP contribution is 2.35. The van der Waals surface area contributed by atoms with Gasteiger partial charge in [0.2, 0.25) is 0 Å². The van der Waals surface area contributed by atoms with E-state index in [-0.39, 0.29) is 5.41 Å². The maximum Gasteiger partial charge on any atom is 0.0942 e. The highest BCUT2D eigenvalue weighted by Gasteiger charge is 2.21. The first-order valence-corrected chi connectivity index (χ1v) is 11.1. The summed E-state index contributed by atoms with van der Waals surface area (Å²) in [5.74, 6) is 0. The van der Waals surface area contributed by atoms with Crippen LogP contribution in [0.4, 0.5) is 5.69 Å². The van der Waals surface area contributed by atoms with Crippen molar-refractivity contribution in [2.75, 3.05) is 18.1 Å². The van der Waals surface area contributed by atoms with Gasteiger partial charge in [0.25, 0.3) is 0 Å². The van der Waals surface area contributed by atoms with Crippen LogP contribution in [0.2, 0.25) is 0 Å². The van der Waals surface area contributed by atoms with E-state index in [4.69, 9.17) is 0 Å². The fourth-order valence-corrected chi connectivity index (χ4v) is 4.53. The third kappa shape index (κ3) is 5.65. The minimum absolute atomic E-state index is 0.288. The molecule has 0 atom stereocenters. The molecule has 3 rings (SSSR count). The van der Waals surface area contributed by atoms with Crippen LogP contribution < -0.4 is 4.90 Å². The monoisotopic (exact) mass is 390 g/mol. The van der Waals surface area contributed by atoms with E-state index in [0.29, 0.717) is 0 Å². The normalized spacial score (nSPS) is 16.5. The van der Waals surface area contributed by atoms with Crippen LogP contribution in [0.5, 0.6) is 0 Å². The van der Waals surface area contributed by atoms with Crippen LogP contribution in [0.3, 0.4) is 0 Å². The minimum atomic E-state index is 0.288. The van der Waals surface area contributed by atoms with Gasteiger partial charge in [-0.25, -0.2) is 0 Å². The minimum Gasteiger partial charge on any atom is -0.358 e. The molecule has 2 heteroatoms. The molecule has 1 heterocycles. The van der Waals surface area contributed by atoms with Crippen molar-refractivity contribution in [3.63, 3.8) is 0 Å². The highest BCUT2D eigenvalue weighted by molar-refractivity contribution is 5.62. The predicted octanol–water partition coefficient (Wildman–Crippen LogP) is 7.19. The Hall–Kier alpha value is -2.22. The molecular formula is C27H38N2. The van der Waals surface area contributed by atoms with Crippen molar-refractivity contribution in [2.24, 2.45) is 5.41 Å². The number of benzene rings is 1. The van der Waals surface area contributed by atoms with Crippen molar-refractivity contribution in [3.05, 3.63) is 77.2 Å². The summed E-state index contributed by atoms with van der Waals surface area (Å²) >= 11 is 0. The van der Waals surface area contributed by atoms with Crippen LogP contribution in [0.1, 0.15) is 62.6 Å². The lowest BCUT2D eigenvalue weighted by Gasteiger charge is -2.25. The van der Waals surface area contributed by atoms with E-state index in [1.54, 1.807) is 5.57 Å². The van der Waals surface area contributed by atoms with Crippen LogP contribution in [-0.4, -0.2) is 18.1 Å². The second-order valence-electron chi connectivity index (χ2n) is 9.35. The van der Waals surface area contributed by atoms with E-state index in [1.165, 1.54) is 41.6 Å². The number of rotatable bonds is 9. The summed E-state index contributed by atoms with van der Waals surface area (Å²) < 4.78 is 0. The number of aryl methyl sites for hydroxylation is 3. The fraction of sp³-hybridized carbons (Fsp3) is 0.481. The molecule has 1 aromatic carbocycles. The summed E-state index contributed by atoms with van der Waals surface area (Å²) in [5.41, 5.74) is 7.30. The molecule has 1 aliphatic carbocycles. The first kappa shape index (κ1) is 21.5. The van der Waals surface area contributed by atoms with Gasteiger partial charge in [-0.2, -0.15) is 0 Å². The fourth-order valence-electron chi connectivity index (χ4n) is 4.53. The van der Waals surface area contributed by atoms with Gasteiger partial charge in [-0.3, -0.25) is 0 Å². The predicted molar refractivity (Wildman–Crippen MR) is 127 cm³/mol. The number of anilines is 1. The summed E-state index contributed by atoms with van der Waals surface area (Å²) in [5, 5.41) is 0. The second kappa shape index (κ2) is 9.52. The third-order valence-corrected chi connectivity index (χ3v) is 6.22. The van der Waals surface area contributed by atoms with Crippen LogP contribution in [-0.2, 0) is 0 Å². The average molecular weight is 391 g/mol. The smallest absolute Gasteiger partial charge is 0.0942 e. The van der Waals surface area contributed by atoms with E-state index in [2.05, 4.69) is 99.3 Å². The zero-order valence-corrected chi connectivity index (χ0v) is 19.0. The van der Waals surface area contributed by atoms with Gasteiger partial charge in [-0.15, -0.1) is 0 Å². The van der Waals surface area contributed by atoms with Gasteiger partial charge in [0, 0.05) is 24.6 Å². The molecule has 2 aliphatic rings. The molecule has 156 valence electrons. The maximum atomic E-state index is 2.44. The summed E-state index contributed by atoms with van der Waals surface area (Å²) in [6.07, 6.45) is 22.0. The number of allylic oxidation sites excluding steroid dienone is 6. The molecule has 0 unspecified atom stereocenters. The first-order valence-electron chi connectivity index (χ1n) is 11.1. The zero-order chi connectivity index (χ0) is 20.9. The molecule has 0 bridgehead atoms. The lowest BCUT2D eigenvalue weighted by atomic mass is 9.80. The van der Waals surface area contributed by atoms with Gasteiger partial charge < -0.3 is 9.80 Å². The number of hydrogen-bond donors (Lipinski definition) is 0. The number of hydrogen-bond acceptors (Lipinski definition) is 2. The quantitative estimate of drug-likeness (QED) is 0.325. The zero-order valence-electron chi connectivity index (χ0n) is 19.0. The Kier molecular flexibility index (Phi) is 7.05. The Morgan fingerprint density at radius 3 is 2.45 bits per heavy atom. The lowest BCUT2D eigenvalue weighted by Crippen LogP contribution is -2.26. The Bertz CT molecular complexity index is 800. The highest BCUT2D eigenvalue weighted by atomic mass is 15.3. The summed E-state index contributed by atoms with van der Waals surface area (Å²) in [6, 6.07) is 4.57. The molecule has 0 aromatic heterocycles. The molecule has 0 fully saturated rings. The molecule has 0 saturated carbocycles. The summed E-state index contributed by atoms with van der Waals surface area (Å²) in [6.45, 7) is 13.4. The van der Waals surface area contributed by atoms with E-state index < -0.39 is 0 Å². The average Bonchev–Trinajstić information content (AvgIpc) is 3.32. The van der Waals surface area contributed by atoms with Crippen molar-refractivity contribution in [2.45, 2.75) is 66.7 Å². The van der Waals surface area contributed by atoms with Gasteiger partial charge in [0.05, 0.1) is 6.67 Å². The maximum absolute atomic E-state index is 2.44. The molecule has 2 nitrogen and oxygen atoms in total. The Morgan fingerprint density at radius 1 is 1.00 bits per heavy atom. The summed E-state index contributed by atoms with van der Waals surface area (Å²) in [7, 11) is 0. The van der Waals surface area contributed by atoms with E-state index >= 15 is 0 Å². The Labute approximate surface area is 178 Å². The number of unbranched alkanes of at least 4 members (excludes halogenated alkanes) is 2. The van der Waals surface area contributed by atoms with Crippen LogP contribution in [0.25, 0.3) is 0 Å². The topological polar surface area (TPSA) is 6.48 Å². The molecule has 1 aromatic rings. The van der Waals surface area contributed by atoms with E-state index in [1.807, 2.05) is 0 Å². The molecular weight excluding hydrogens is 352 g/mol. The van der Waals surface area contributed by atoms with Gasteiger partial charge in [-0.05, 0) is 69.4 Å². The van der Waals surface area contributed by atoms with Gasteiger partial charge in [0.1, 0.15) is 0 Å². The molecule has 0 N–H and O–H groups in total. The Balaban J connectivity index is 1.36. The molecule has 0 radical (unpaired) electrons. The van der Waals surface area contributed by atoms with Gasteiger partial charge >= 0.3 is 0 Å². The SMILES string of the molecule is Cc1cc(C)c(N2C=CN(CCCC/C=C/CC(C)(C)C3=CC=CC3)C2)c(C)c1. The van der Waals surface area contributed by atoms with Crippen LogP contribution in [0.15, 0.2) is 60.5 Å². The molecule has 1 aliphatic heterocycles. The van der Waals surface area contributed by atoms with Crippen molar-refractivity contribution in [1.29, 1.82) is 0 Å². The molecule has 0 amide bonds. The lowest BCUT2D eigenvalue weighted by molar-refractivity contribution is 0.393. The first-order chi connectivity index (χ1) is 13.9. The Morgan fingerprint density at radius 2 is 1.76 bits per heavy atom. The second-order valence-corrected chi connectivity index (χ2v) is 9.35. The van der Waals surface area contributed by atoms with E-state index in [9.17, 15) is 0 Å². The van der Waals surface area contributed by atoms with Crippen molar-refractivity contribution >= 4 is 5.69 Å². The van der Waals surface area contributed by atoms with Crippen molar-refractivity contribution in [1.82, 2.24) is 4.90 Å². The molecule has 0 saturated heterocycles. The van der Waals surface area contributed by atoms with Crippen molar-refractivity contribution in [3.8, 4) is 0 Å². The van der Waals surface area contributed by atoms with Crippen molar-refractivity contribution < 1.29 is 0 Å². The number of nitrogens with zero attached hydrogens (tertiary/aromatic N) is 2. The standard InChI is InChI=1S/C27H38N2/c1-22-19-23(2)26(24(3)20-22)29-18-17-28(21-29)16-12-8-6-7-11-15-27(4,5)25-13-9-10-14-25/h7,9-11,13,17-20H,6,8,12,14-16,21H2,1-5H3/b11-7+. The van der Waals surface area contributed by atoms with E-state index in [0.717, 1.165) is 26.1 Å². The third-order valence-electron chi connectivity index (χ3n) is 6.22.